The summed E-state index contributed by atoms with van der Waals surface area (Å²) >= 11 is 0. The van der Waals surface area contributed by atoms with Crippen LogP contribution in [0.25, 0.3) is 10.9 Å². The molecule has 1 heterocycles. The van der Waals surface area contributed by atoms with Crippen LogP contribution in [0.4, 0.5) is 11.5 Å². The van der Waals surface area contributed by atoms with Gasteiger partial charge in [-0.15, -0.1) is 0 Å². The van der Waals surface area contributed by atoms with E-state index >= 15 is 0 Å². The molecule has 0 aliphatic heterocycles. The van der Waals surface area contributed by atoms with Gasteiger partial charge in [-0.3, -0.25) is 4.79 Å². The van der Waals surface area contributed by atoms with Gasteiger partial charge in [-0.05, 0) is 25.1 Å². The van der Waals surface area contributed by atoms with Crippen LogP contribution in [0, 0.1) is 0 Å². The number of anilines is 2. The van der Waals surface area contributed by atoms with Gasteiger partial charge < -0.3 is 16.0 Å². The Balaban J connectivity index is 2.35. The summed E-state index contributed by atoms with van der Waals surface area (Å²) in [5, 5.41) is 3.90. The number of aromatic nitrogens is 2. The first-order valence-electron chi connectivity index (χ1n) is 5.97. The molecule has 1 amide bonds. The number of carbonyl (C=O) groups excluding carboxylic acids is 1. The van der Waals surface area contributed by atoms with Gasteiger partial charge in [0.1, 0.15) is 18.2 Å². The number of likely N-dealkylation sites (N-methyl/N-ethyl adjacent to an activating group) is 1. The Hall–Kier alpha value is -2.37. The molecule has 19 heavy (non-hydrogen) atoms. The third-order valence-electron chi connectivity index (χ3n) is 2.82. The monoisotopic (exact) mass is 259 g/mol. The van der Waals surface area contributed by atoms with Gasteiger partial charge in [0.25, 0.3) is 0 Å². The fourth-order valence-corrected chi connectivity index (χ4v) is 1.84. The van der Waals surface area contributed by atoms with Crippen molar-refractivity contribution in [3.8, 4) is 0 Å². The number of hydrogen-bond acceptors (Lipinski definition) is 5. The second-order valence-corrected chi connectivity index (χ2v) is 4.60. The van der Waals surface area contributed by atoms with E-state index in [4.69, 9.17) is 5.73 Å². The Kier molecular flexibility index (Phi) is 3.50. The molecule has 0 radical (unpaired) electrons. The standard InChI is InChI=1S/C13H17N5O/c1-8(13(19)18(2)3)17-12-10-6-9(14)4-5-11(10)15-7-16-12/h4-8H,14H2,1-3H3,(H,15,16,17). The molecular formula is C13H17N5O. The smallest absolute Gasteiger partial charge is 0.244 e. The summed E-state index contributed by atoms with van der Waals surface area (Å²) in [6.07, 6.45) is 1.47. The highest BCUT2D eigenvalue weighted by Crippen LogP contribution is 2.22. The van der Waals surface area contributed by atoms with Gasteiger partial charge in [-0.1, -0.05) is 0 Å². The van der Waals surface area contributed by atoms with Crippen LogP contribution in [0.1, 0.15) is 6.92 Å². The lowest BCUT2D eigenvalue weighted by Gasteiger charge is -2.19. The van der Waals surface area contributed by atoms with Crippen LogP contribution >= 0.6 is 0 Å². The maximum atomic E-state index is 11.8. The van der Waals surface area contributed by atoms with E-state index in [-0.39, 0.29) is 11.9 Å². The van der Waals surface area contributed by atoms with Gasteiger partial charge in [0.05, 0.1) is 5.52 Å². The van der Waals surface area contributed by atoms with Crippen molar-refractivity contribution in [1.29, 1.82) is 0 Å². The molecule has 6 heteroatoms. The summed E-state index contributed by atoms with van der Waals surface area (Å²) in [5.41, 5.74) is 7.20. The lowest BCUT2D eigenvalue weighted by Crippen LogP contribution is -2.36. The molecule has 6 nitrogen and oxygen atoms in total. The highest BCUT2D eigenvalue weighted by molar-refractivity contribution is 5.93. The van der Waals surface area contributed by atoms with Crippen LogP contribution < -0.4 is 11.1 Å². The topological polar surface area (TPSA) is 84.1 Å². The number of amides is 1. The summed E-state index contributed by atoms with van der Waals surface area (Å²) < 4.78 is 0. The fraction of sp³-hybridized carbons (Fsp3) is 0.308. The predicted molar refractivity (Wildman–Crippen MR) is 75.7 cm³/mol. The molecule has 1 atom stereocenters. The quantitative estimate of drug-likeness (QED) is 0.806. The lowest BCUT2D eigenvalue weighted by molar-refractivity contribution is -0.129. The molecule has 1 unspecified atom stereocenters. The van der Waals surface area contributed by atoms with Crippen molar-refractivity contribution in [3.63, 3.8) is 0 Å². The Morgan fingerprint density at radius 3 is 2.79 bits per heavy atom. The lowest BCUT2D eigenvalue weighted by atomic mass is 10.2. The molecule has 0 bridgehead atoms. The van der Waals surface area contributed by atoms with E-state index in [0.717, 1.165) is 10.9 Å². The summed E-state index contributed by atoms with van der Waals surface area (Å²) in [4.78, 5) is 21.7. The molecule has 3 N–H and O–H groups in total. The van der Waals surface area contributed by atoms with Gasteiger partial charge in [0.15, 0.2) is 0 Å². The van der Waals surface area contributed by atoms with Crippen LogP contribution in [0.5, 0.6) is 0 Å². The van der Waals surface area contributed by atoms with E-state index < -0.39 is 0 Å². The largest absolute Gasteiger partial charge is 0.399 e. The number of nitrogen functional groups attached to an aromatic ring is 1. The van der Waals surface area contributed by atoms with Gasteiger partial charge in [0, 0.05) is 25.2 Å². The number of rotatable bonds is 3. The summed E-state index contributed by atoms with van der Waals surface area (Å²) in [7, 11) is 3.44. The SMILES string of the molecule is CC(Nc1ncnc2ccc(N)cc12)C(=O)N(C)C. The van der Waals surface area contributed by atoms with Crippen molar-refractivity contribution in [3.05, 3.63) is 24.5 Å². The number of nitrogens with zero attached hydrogens (tertiary/aromatic N) is 3. The minimum absolute atomic E-state index is 0.0179. The maximum Gasteiger partial charge on any atom is 0.244 e. The molecule has 0 saturated carbocycles. The van der Waals surface area contributed by atoms with Crippen molar-refractivity contribution in [1.82, 2.24) is 14.9 Å². The maximum absolute atomic E-state index is 11.8. The third kappa shape index (κ3) is 2.73. The van der Waals surface area contributed by atoms with E-state index in [2.05, 4.69) is 15.3 Å². The van der Waals surface area contributed by atoms with Crippen molar-refractivity contribution < 1.29 is 4.79 Å². The minimum atomic E-state index is -0.366. The zero-order chi connectivity index (χ0) is 14.0. The van der Waals surface area contributed by atoms with Gasteiger partial charge in [-0.2, -0.15) is 0 Å². The van der Waals surface area contributed by atoms with E-state index in [0.29, 0.717) is 11.5 Å². The number of fused-ring (bicyclic) bond motifs is 1. The zero-order valence-corrected chi connectivity index (χ0v) is 11.2. The summed E-state index contributed by atoms with van der Waals surface area (Å²) in [6.45, 7) is 1.79. The first-order chi connectivity index (χ1) is 8.99. The normalized spacial score (nSPS) is 12.2. The summed E-state index contributed by atoms with van der Waals surface area (Å²) in [6, 6.07) is 5.04. The van der Waals surface area contributed by atoms with Crippen LogP contribution in [0.15, 0.2) is 24.5 Å². The van der Waals surface area contributed by atoms with E-state index in [9.17, 15) is 4.79 Å². The number of nitrogens with one attached hydrogen (secondary N) is 1. The van der Waals surface area contributed by atoms with Crippen molar-refractivity contribution in [2.24, 2.45) is 0 Å². The van der Waals surface area contributed by atoms with E-state index in [1.54, 1.807) is 33.2 Å². The Morgan fingerprint density at radius 1 is 1.37 bits per heavy atom. The second kappa shape index (κ2) is 5.09. The van der Waals surface area contributed by atoms with Crippen LogP contribution in [0.2, 0.25) is 0 Å². The second-order valence-electron chi connectivity index (χ2n) is 4.60. The fourth-order valence-electron chi connectivity index (χ4n) is 1.84. The van der Waals surface area contributed by atoms with Crippen LogP contribution in [-0.4, -0.2) is 40.9 Å². The van der Waals surface area contributed by atoms with E-state index in [1.165, 1.54) is 11.2 Å². The highest BCUT2D eigenvalue weighted by Gasteiger charge is 2.16. The minimum Gasteiger partial charge on any atom is -0.399 e. The molecule has 0 aliphatic carbocycles. The number of hydrogen-bond donors (Lipinski definition) is 2. The third-order valence-corrected chi connectivity index (χ3v) is 2.82. The van der Waals surface area contributed by atoms with Gasteiger partial charge in [0.2, 0.25) is 5.91 Å². The first kappa shape index (κ1) is 13.1. The summed E-state index contributed by atoms with van der Waals surface area (Å²) in [5.74, 6) is 0.593. The van der Waals surface area contributed by atoms with Crippen LogP contribution in [0.3, 0.4) is 0 Å². The number of nitrogens with two attached hydrogens (primary N) is 1. The number of carbonyl (C=O) groups is 1. The molecular weight excluding hydrogens is 242 g/mol. The predicted octanol–water partition coefficient (Wildman–Crippen LogP) is 1.10. The molecule has 2 aromatic rings. The van der Waals surface area contributed by atoms with Crippen molar-refractivity contribution >= 4 is 28.3 Å². The Morgan fingerprint density at radius 2 is 2.11 bits per heavy atom. The van der Waals surface area contributed by atoms with Crippen LogP contribution in [-0.2, 0) is 4.79 Å². The highest BCUT2D eigenvalue weighted by atomic mass is 16.2. The molecule has 1 aromatic carbocycles. The molecule has 0 spiro atoms. The molecule has 2 rings (SSSR count). The molecule has 0 saturated heterocycles. The van der Waals surface area contributed by atoms with Crippen molar-refractivity contribution in [2.75, 3.05) is 25.1 Å². The Bertz CT molecular complexity index is 611. The van der Waals surface area contributed by atoms with Gasteiger partial charge in [-0.25, -0.2) is 9.97 Å². The Labute approximate surface area is 111 Å². The van der Waals surface area contributed by atoms with E-state index in [1.807, 2.05) is 6.07 Å². The van der Waals surface area contributed by atoms with Crippen molar-refractivity contribution in [2.45, 2.75) is 13.0 Å². The number of benzene rings is 1. The van der Waals surface area contributed by atoms with Gasteiger partial charge >= 0.3 is 0 Å². The molecule has 1 aromatic heterocycles. The molecule has 100 valence electrons. The average molecular weight is 259 g/mol. The zero-order valence-electron chi connectivity index (χ0n) is 11.2. The molecule has 0 aliphatic rings. The first-order valence-corrected chi connectivity index (χ1v) is 5.97. The average Bonchev–Trinajstić information content (AvgIpc) is 2.38. The molecule has 0 fully saturated rings.